The topological polar surface area (TPSA) is 101 Å². The average molecular weight is 349 g/mol. The molecule has 0 saturated heterocycles. The highest BCUT2D eigenvalue weighted by Crippen LogP contribution is 2.16. The van der Waals surface area contributed by atoms with E-state index in [4.69, 9.17) is 0 Å². The zero-order chi connectivity index (χ0) is 18.3. The van der Waals surface area contributed by atoms with Crippen molar-refractivity contribution in [3.05, 3.63) is 53.4 Å². The summed E-state index contributed by atoms with van der Waals surface area (Å²) in [6.45, 7) is 6.40. The molecule has 0 aliphatic carbocycles. The molecule has 4 aromatic rings. The molecule has 0 saturated carbocycles. The number of aryl methyl sites for hydroxylation is 1. The summed E-state index contributed by atoms with van der Waals surface area (Å²) in [7, 11) is 0. The normalized spacial score (nSPS) is 11.5. The van der Waals surface area contributed by atoms with E-state index in [1.165, 1.54) is 6.33 Å². The molecule has 4 rings (SSSR count). The largest absolute Gasteiger partial charge is 0.343 e. The van der Waals surface area contributed by atoms with Crippen LogP contribution in [0.4, 0.5) is 0 Å². The standard InChI is InChI=1S/C18H19N7O/c1-10(2)15-7-14(24-18-20-9-21-25(15)18)17(26)19-8-16-22-12-5-4-11(3)6-13(12)23-16/h4-7,9-10H,8H2,1-3H3,(H,19,26)(H,22,23). The predicted molar refractivity (Wildman–Crippen MR) is 96.9 cm³/mol. The lowest BCUT2D eigenvalue weighted by atomic mass is 10.1. The molecule has 0 atom stereocenters. The maximum Gasteiger partial charge on any atom is 0.270 e. The average Bonchev–Trinajstić information content (AvgIpc) is 3.24. The predicted octanol–water partition coefficient (Wildman–Crippen LogP) is 2.36. The fraction of sp³-hybridized carbons (Fsp3) is 0.278. The van der Waals surface area contributed by atoms with Crippen LogP contribution < -0.4 is 5.32 Å². The van der Waals surface area contributed by atoms with E-state index in [0.717, 1.165) is 22.3 Å². The van der Waals surface area contributed by atoms with E-state index in [0.29, 0.717) is 23.8 Å². The Morgan fingerprint density at radius 1 is 1.27 bits per heavy atom. The Morgan fingerprint density at radius 2 is 2.12 bits per heavy atom. The van der Waals surface area contributed by atoms with E-state index in [1.54, 1.807) is 10.6 Å². The monoisotopic (exact) mass is 349 g/mol. The number of hydrogen-bond donors (Lipinski definition) is 2. The van der Waals surface area contributed by atoms with Crippen LogP contribution >= 0.6 is 0 Å². The SMILES string of the molecule is Cc1ccc2nc(CNC(=O)c3cc(C(C)C)n4ncnc4n3)[nH]c2c1. The lowest BCUT2D eigenvalue weighted by Crippen LogP contribution is -2.25. The van der Waals surface area contributed by atoms with Crippen LogP contribution in [0, 0.1) is 6.92 Å². The molecule has 1 aromatic carbocycles. The summed E-state index contributed by atoms with van der Waals surface area (Å²) in [6.07, 6.45) is 1.44. The Bertz CT molecular complexity index is 1110. The summed E-state index contributed by atoms with van der Waals surface area (Å²) in [5.74, 6) is 1.04. The zero-order valence-corrected chi connectivity index (χ0v) is 14.8. The highest BCUT2D eigenvalue weighted by Gasteiger charge is 2.15. The van der Waals surface area contributed by atoms with Gasteiger partial charge < -0.3 is 10.3 Å². The molecule has 0 unspecified atom stereocenters. The van der Waals surface area contributed by atoms with Crippen LogP contribution in [0.5, 0.6) is 0 Å². The number of nitrogens with one attached hydrogen (secondary N) is 2. The fourth-order valence-corrected chi connectivity index (χ4v) is 2.88. The summed E-state index contributed by atoms with van der Waals surface area (Å²) in [6, 6.07) is 7.76. The Morgan fingerprint density at radius 3 is 2.92 bits per heavy atom. The fourth-order valence-electron chi connectivity index (χ4n) is 2.88. The summed E-state index contributed by atoms with van der Waals surface area (Å²) < 4.78 is 1.66. The van der Waals surface area contributed by atoms with Crippen molar-refractivity contribution in [1.82, 2.24) is 34.9 Å². The zero-order valence-electron chi connectivity index (χ0n) is 14.8. The molecular weight excluding hydrogens is 330 g/mol. The van der Waals surface area contributed by atoms with Gasteiger partial charge in [0.1, 0.15) is 17.8 Å². The van der Waals surface area contributed by atoms with E-state index in [-0.39, 0.29) is 11.8 Å². The van der Waals surface area contributed by atoms with Crippen molar-refractivity contribution in [3.8, 4) is 0 Å². The lowest BCUT2D eigenvalue weighted by Gasteiger charge is -2.09. The molecule has 0 spiro atoms. The molecular formula is C18H19N7O. The van der Waals surface area contributed by atoms with E-state index in [2.05, 4.69) is 30.4 Å². The first-order valence-electron chi connectivity index (χ1n) is 8.45. The summed E-state index contributed by atoms with van der Waals surface area (Å²) >= 11 is 0. The van der Waals surface area contributed by atoms with Crippen molar-refractivity contribution in [2.45, 2.75) is 33.2 Å². The van der Waals surface area contributed by atoms with Crippen molar-refractivity contribution in [3.63, 3.8) is 0 Å². The molecule has 2 N–H and O–H groups in total. The molecule has 0 radical (unpaired) electrons. The smallest absolute Gasteiger partial charge is 0.270 e. The van der Waals surface area contributed by atoms with Crippen molar-refractivity contribution < 1.29 is 4.79 Å². The molecule has 26 heavy (non-hydrogen) atoms. The number of aromatic amines is 1. The van der Waals surface area contributed by atoms with Crippen LogP contribution in [-0.4, -0.2) is 35.5 Å². The number of benzene rings is 1. The van der Waals surface area contributed by atoms with Gasteiger partial charge >= 0.3 is 0 Å². The number of carbonyl (C=O) groups is 1. The van der Waals surface area contributed by atoms with Gasteiger partial charge in [0.05, 0.1) is 23.3 Å². The second kappa shape index (κ2) is 6.21. The van der Waals surface area contributed by atoms with Crippen molar-refractivity contribution >= 4 is 22.7 Å². The minimum Gasteiger partial charge on any atom is -0.343 e. The molecule has 132 valence electrons. The number of H-pyrrole nitrogens is 1. The van der Waals surface area contributed by atoms with Crippen LogP contribution in [0.15, 0.2) is 30.6 Å². The van der Waals surface area contributed by atoms with Crippen molar-refractivity contribution in [2.24, 2.45) is 0 Å². The first kappa shape index (κ1) is 16.2. The molecule has 0 bridgehead atoms. The highest BCUT2D eigenvalue weighted by molar-refractivity contribution is 5.92. The highest BCUT2D eigenvalue weighted by atomic mass is 16.1. The minimum atomic E-state index is -0.269. The number of aromatic nitrogens is 6. The van der Waals surface area contributed by atoms with E-state index >= 15 is 0 Å². The summed E-state index contributed by atoms with van der Waals surface area (Å²) in [5, 5.41) is 7.02. The molecule has 0 aliphatic rings. The first-order chi connectivity index (χ1) is 12.5. The van der Waals surface area contributed by atoms with Gasteiger partial charge in [0.2, 0.25) is 0 Å². The number of rotatable bonds is 4. The van der Waals surface area contributed by atoms with Gasteiger partial charge in [-0.2, -0.15) is 10.1 Å². The van der Waals surface area contributed by atoms with E-state index in [9.17, 15) is 4.79 Å². The number of fused-ring (bicyclic) bond motifs is 2. The summed E-state index contributed by atoms with van der Waals surface area (Å²) in [4.78, 5) is 28.7. The Hall–Kier alpha value is -3.29. The quantitative estimate of drug-likeness (QED) is 0.589. The molecule has 3 heterocycles. The van der Waals surface area contributed by atoms with Gasteiger partial charge in [-0.05, 0) is 36.6 Å². The number of hydrogen-bond acceptors (Lipinski definition) is 5. The number of imidazole rings is 1. The lowest BCUT2D eigenvalue weighted by molar-refractivity contribution is 0.0945. The van der Waals surface area contributed by atoms with Gasteiger partial charge in [0, 0.05) is 0 Å². The van der Waals surface area contributed by atoms with E-state index < -0.39 is 0 Å². The van der Waals surface area contributed by atoms with Gasteiger partial charge in [-0.3, -0.25) is 4.79 Å². The Labute approximate surface area is 149 Å². The number of nitrogens with zero attached hydrogens (tertiary/aromatic N) is 5. The molecule has 8 nitrogen and oxygen atoms in total. The van der Waals surface area contributed by atoms with Crippen LogP contribution in [-0.2, 0) is 6.54 Å². The maximum atomic E-state index is 12.6. The maximum absolute atomic E-state index is 12.6. The third kappa shape index (κ3) is 2.90. The third-order valence-corrected chi connectivity index (χ3v) is 4.21. The van der Waals surface area contributed by atoms with Crippen LogP contribution in [0.3, 0.4) is 0 Å². The van der Waals surface area contributed by atoms with Crippen LogP contribution in [0.2, 0.25) is 0 Å². The molecule has 1 amide bonds. The van der Waals surface area contributed by atoms with Crippen molar-refractivity contribution in [1.29, 1.82) is 0 Å². The van der Waals surface area contributed by atoms with Gasteiger partial charge in [-0.25, -0.2) is 14.5 Å². The van der Waals surface area contributed by atoms with Crippen LogP contribution in [0.25, 0.3) is 16.8 Å². The Balaban J connectivity index is 1.56. The van der Waals surface area contributed by atoms with Gasteiger partial charge in [0.25, 0.3) is 11.7 Å². The molecule has 3 aromatic heterocycles. The number of amides is 1. The summed E-state index contributed by atoms with van der Waals surface area (Å²) in [5.41, 5.74) is 4.20. The van der Waals surface area contributed by atoms with Crippen molar-refractivity contribution in [2.75, 3.05) is 0 Å². The Kier molecular flexibility index (Phi) is 3.87. The first-order valence-corrected chi connectivity index (χ1v) is 8.45. The van der Waals surface area contributed by atoms with Crippen LogP contribution in [0.1, 0.15) is 47.3 Å². The molecule has 8 heteroatoms. The molecule has 0 fully saturated rings. The van der Waals surface area contributed by atoms with Gasteiger partial charge in [0.15, 0.2) is 0 Å². The second-order valence-corrected chi connectivity index (χ2v) is 6.58. The van der Waals surface area contributed by atoms with Gasteiger partial charge in [-0.1, -0.05) is 19.9 Å². The molecule has 0 aliphatic heterocycles. The minimum absolute atomic E-state index is 0.187. The van der Waals surface area contributed by atoms with E-state index in [1.807, 2.05) is 39.0 Å². The third-order valence-electron chi connectivity index (χ3n) is 4.21. The van der Waals surface area contributed by atoms with Gasteiger partial charge in [-0.15, -0.1) is 0 Å². The number of carbonyl (C=O) groups excluding carboxylic acids is 1. The second-order valence-electron chi connectivity index (χ2n) is 6.58.